The monoisotopic (exact) mass is 158 g/mol. The average Bonchev–Trinajstić information content (AvgIpc) is 2.31. The molecule has 0 aliphatic carbocycles. The molecule has 1 amide bonds. The lowest BCUT2D eigenvalue weighted by molar-refractivity contribution is -0.117. The van der Waals surface area contributed by atoms with Gasteiger partial charge in [0.15, 0.2) is 0 Å². The summed E-state index contributed by atoms with van der Waals surface area (Å²) in [5.41, 5.74) is 4.97. The lowest BCUT2D eigenvalue weighted by Crippen LogP contribution is -2.40. The van der Waals surface area contributed by atoms with Crippen LogP contribution >= 0.6 is 0 Å². The topological polar surface area (TPSA) is 64.3 Å². The number of hydrogen-bond acceptors (Lipinski definition) is 3. The van der Waals surface area contributed by atoms with Crippen molar-refractivity contribution in [3.05, 3.63) is 0 Å². The van der Waals surface area contributed by atoms with E-state index in [2.05, 4.69) is 5.32 Å². The minimum atomic E-state index is -0.316. The first kappa shape index (κ1) is 8.49. The van der Waals surface area contributed by atoms with E-state index in [0.717, 1.165) is 13.0 Å². The molecule has 4 heteroatoms. The van der Waals surface area contributed by atoms with E-state index in [4.69, 9.17) is 10.5 Å². The smallest absolute Gasteiger partial charge is 0.231 e. The Morgan fingerprint density at radius 2 is 2.55 bits per heavy atom. The maximum Gasteiger partial charge on any atom is 0.231 e. The lowest BCUT2D eigenvalue weighted by atomic mass is 10.1. The number of nitrogens with one attached hydrogen (secondary N) is 1. The SMILES string of the molecule is C[C@H]1OCC[C@H]1NCC(N)=O. The molecule has 64 valence electrons. The quantitative estimate of drug-likeness (QED) is 0.567. The summed E-state index contributed by atoms with van der Waals surface area (Å²) in [5.74, 6) is -0.316. The highest BCUT2D eigenvalue weighted by Gasteiger charge is 2.23. The van der Waals surface area contributed by atoms with Crippen LogP contribution in [0.25, 0.3) is 0 Å². The van der Waals surface area contributed by atoms with Crippen LogP contribution < -0.4 is 11.1 Å². The van der Waals surface area contributed by atoms with E-state index in [0.29, 0.717) is 6.04 Å². The van der Waals surface area contributed by atoms with Gasteiger partial charge in [-0.3, -0.25) is 4.79 Å². The van der Waals surface area contributed by atoms with Crippen LogP contribution in [0.4, 0.5) is 0 Å². The highest BCUT2D eigenvalue weighted by Crippen LogP contribution is 2.11. The van der Waals surface area contributed by atoms with E-state index in [9.17, 15) is 4.79 Å². The number of carbonyl (C=O) groups excluding carboxylic acids is 1. The van der Waals surface area contributed by atoms with Crippen molar-refractivity contribution < 1.29 is 9.53 Å². The zero-order chi connectivity index (χ0) is 8.27. The molecule has 1 fully saturated rings. The molecule has 0 radical (unpaired) electrons. The van der Waals surface area contributed by atoms with Crippen molar-refractivity contribution in [3.8, 4) is 0 Å². The predicted molar refractivity (Wildman–Crippen MR) is 41.0 cm³/mol. The number of carbonyl (C=O) groups is 1. The van der Waals surface area contributed by atoms with Crippen LogP contribution in [-0.4, -0.2) is 31.2 Å². The molecule has 0 bridgehead atoms. The number of amides is 1. The Hall–Kier alpha value is -0.610. The second-order valence-electron chi connectivity index (χ2n) is 2.82. The van der Waals surface area contributed by atoms with Gasteiger partial charge in [0, 0.05) is 12.6 Å². The van der Waals surface area contributed by atoms with Crippen molar-refractivity contribution in [3.63, 3.8) is 0 Å². The second kappa shape index (κ2) is 3.69. The van der Waals surface area contributed by atoms with Gasteiger partial charge in [-0.15, -0.1) is 0 Å². The van der Waals surface area contributed by atoms with Crippen molar-refractivity contribution >= 4 is 5.91 Å². The Balaban J connectivity index is 2.20. The van der Waals surface area contributed by atoms with Gasteiger partial charge in [-0.2, -0.15) is 0 Å². The van der Waals surface area contributed by atoms with Gasteiger partial charge in [0.2, 0.25) is 5.91 Å². The van der Waals surface area contributed by atoms with Crippen LogP contribution in [0, 0.1) is 0 Å². The average molecular weight is 158 g/mol. The highest BCUT2D eigenvalue weighted by atomic mass is 16.5. The van der Waals surface area contributed by atoms with Crippen molar-refractivity contribution in [1.82, 2.24) is 5.32 Å². The number of hydrogen-bond donors (Lipinski definition) is 2. The number of rotatable bonds is 3. The zero-order valence-corrected chi connectivity index (χ0v) is 6.67. The summed E-state index contributed by atoms with van der Waals surface area (Å²) >= 11 is 0. The van der Waals surface area contributed by atoms with E-state index in [1.54, 1.807) is 0 Å². The fourth-order valence-corrected chi connectivity index (χ4v) is 1.23. The van der Waals surface area contributed by atoms with Gasteiger partial charge in [0.1, 0.15) is 0 Å². The summed E-state index contributed by atoms with van der Waals surface area (Å²) in [7, 11) is 0. The first-order chi connectivity index (χ1) is 5.20. The number of nitrogens with two attached hydrogens (primary N) is 1. The highest BCUT2D eigenvalue weighted by molar-refractivity contribution is 5.75. The molecule has 1 rings (SSSR count). The van der Waals surface area contributed by atoms with Crippen LogP contribution in [-0.2, 0) is 9.53 Å². The molecule has 1 saturated heterocycles. The Labute approximate surface area is 66.1 Å². The molecule has 0 aromatic rings. The van der Waals surface area contributed by atoms with E-state index in [1.807, 2.05) is 6.92 Å². The molecule has 0 spiro atoms. The molecule has 4 nitrogen and oxygen atoms in total. The largest absolute Gasteiger partial charge is 0.377 e. The van der Waals surface area contributed by atoms with Gasteiger partial charge >= 0.3 is 0 Å². The molecule has 0 unspecified atom stereocenters. The molecule has 1 heterocycles. The first-order valence-corrected chi connectivity index (χ1v) is 3.83. The summed E-state index contributed by atoms with van der Waals surface area (Å²) < 4.78 is 5.28. The molecular weight excluding hydrogens is 144 g/mol. The molecule has 3 N–H and O–H groups in total. The van der Waals surface area contributed by atoms with Gasteiger partial charge in [0.05, 0.1) is 12.6 Å². The Morgan fingerprint density at radius 3 is 3.00 bits per heavy atom. The van der Waals surface area contributed by atoms with Gasteiger partial charge in [-0.25, -0.2) is 0 Å². The third-order valence-corrected chi connectivity index (χ3v) is 1.91. The fourth-order valence-electron chi connectivity index (χ4n) is 1.23. The lowest BCUT2D eigenvalue weighted by Gasteiger charge is -2.13. The Kier molecular flexibility index (Phi) is 2.84. The third kappa shape index (κ3) is 2.48. The van der Waals surface area contributed by atoms with Gasteiger partial charge in [-0.1, -0.05) is 0 Å². The zero-order valence-electron chi connectivity index (χ0n) is 6.67. The van der Waals surface area contributed by atoms with Crippen molar-refractivity contribution in [2.75, 3.05) is 13.2 Å². The van der Waals surface area contributed by atoms with E-state index < -0.39 is 0 Å². The van der Waals surface area contributed by atoms with E-state index in [-0.39, 0.29) is 18.6 Å². The molecular formula is C7H14N2O2. The third-order valence-electron chi connectivity index (χ3n) is 1.91. The van der Waals surface area contributed by atoms with Crippen LogP contribution in [0.5, 0.6) is 0 Å². The van der Waals surface area contributed by atoms with E-state index >= 15 is 0 Å². The Morgan fingerprint density at radius 1 is 1.82 bits per heavy atom. The number of primary amides is 1. The standard InChI is InChI=1S/C7H14N2O2/c1-5-6(2-3-11-5)9-4-7(8)10/h5-6,9H,2-4H2,1H3,(H2,8,10)/t5-,6-/m1/s1. The predicted octanol–water partition coefficient (Wildman–Crippen LogP) is -0.761. The van der Waals surface area contributed by atoms with Crippen LogP contribution in [0.3, 0.4) is 0 Å². The molecule has 0 aromatic carbocycles. The normalized spacial score (nSPS) is 30.6. The minimum Gasteiger partial charge on any atom is -0.377 e. The van der Waals surface area contributed by atoms with Crippen molar-refractivity contribution in [1.29, 1.82) is 0 Å². The molecule has 11 heavy (non-hydrogen) atoms. The van der Waals surface area contributed by atoms with Gasteiger partial charge in [-0.05, 0) is 13.3 Å². The molecule has 1 aliphatic rings. The summed E-state index contributed by atoms with van der Waals surface area (Å²) in [6, 6.07) is 0.294. The van der Waals surface area contributed by atoms with Gasteiger partial charge in [0.25, 0.3) is 0 Å². The van der Waals surface area contributed by atoms with E-state index in [1.165, 1.54) is 0 Å². The summed E-state index contributed by atoms with van der Waals surface area (Å²) in [6.45, 7) is 3.02. The number of ether oxygens (including phenoxy) is 1. The van der Waals surface area contributed by atoms with Crippen LogP contribution in [0.2, 0.25) is 0 Å². The maximum absolute atomic E-state index is 10.4. The maximum atomic E-state index is 10.4. The second-order valence-corrected chi connectivity index (χ2v) is 2.82. The molecule has 0 aromatic heterocycles. The summed E-state index contributed by atoms with van der Waals surface area (Å²) in [5, 5.41) is 3.03. The fraction of sp³-hybridized carbons (Fsp3) is 0.857. The first-order valence-electron chi connectivity index (χ1n) is 3.83. The van der Waals surface area contributed by atoms with Crippen LogP contribution in [0.15, 0.2) is 0 Å². The van der Waals surface area contributed by atoms with Crippen molar-refractivity contribution in [2.45, 2.75) is 25.5 Å². The molecule has 0 saturated carbocycles. The van der Waals surface area contributed by atoms with Crippen LogP contribution in [0.1, 0.15) is 13.3 Å². The molecule has 1 aliphatic heterocycles. The molecule has 2 atom stereocenters. The Bertz CT molecular complexity index is 149. The van der Waals surface area contributed by atoms with Gasteiger partial charge < -0.3 is 15.8 Å². The minimum absolute atomic E-state index is 0.203. The summed E-state index contributed by atoms with van der Waals surface area (Å²) in [6.07, 6.45) is 1.17. The summed E-state index contributed by atoms with van der Waals surface area (Å²) in [4.78, 5) is 10.4. The van der Waals surface area contributed by atoms with Crippen molar-refractivity contribution in [2.24, 2.45) is 5.73 Å².